The van der Waals surface area contributed by atoms with E-state index in [1.165, 1.54) is 6.07 Å². The first kappa shape index (κ1) is 13.0. The molecule has 16 heavy (non-hydrogen) atoms. The van der Waals surface area contributed by atoms with E-state index in [4.69, 9.17) is 0 Å². The molecule has 0 N–H and O–H groups in total. The van der Waals surface area contributed by atoms with Gasteiger partial charge in [0.15, 0.2) is 14.9 Å². The monoisotopic (exact) mass is 264 g/mol. The Labute approximate surface area is 94.6 Å². The van der Waals surface area contributed by atoms with Crippen molar-refractivity contribution in [1.29, 1.82) is 0 Å². The molecule has 0 unspecified atom stereocenters. The lowest BCUT2D eigenvalue weighted by Crippen LogP contribution is -2.11. The quantitative estimate of drug-likeness (QED) is 0.556. The first-order valence-electron chi connectivity index (χ1n) is 4.42. The maximum absolute atomic E-state index is 11.3. The van der Waals surface area contributed by atoms with Crippen molar-refractivity contribution in [2.75, 3.05) is 12.5 Å². The molecule has 0 saturated carbocycles. The Morgan fingerprint density at radius 3 is 2.00 bits per heavy atom. The van der Waals surface area contributed by atoms with E-state index in [0.29, 0.717) is 12.1 Å². The van der Waals surface area contributed by atoms with Gasteiger partial charge in [-0.25, -0.2) is 26.8 Å². The van der Waals surface area contributed by atoms with Crippen LogP contribution in [0.25, 0.3) is 0 Å². The van der Waals surface area contributed by atoms with Crippen LogP contribution < -0.4 is 0 Å². The Kier molecular flexibility index (Phi) is 3.34. The molecule has 0 aliphatic rings. The molecule has 8 heteroatoms. The minimum atomic E-state index is -3.60. The Hall–Kier alpha value is -1.02. The summed E-state index contributed by atoms with van der Waals surface area (Å²) in [5.74, 6) is 0. The van der Waals surface area contributed by atoms with Crippen LogP contribution in [-0.4, -0.2) is 39.3 Å². The van der Waals surface area contributed by atoms with Crippen molar-refractivity contribution in [1.82, 2.24) is 9.97 Å². The van der Waals surface area contributed by atoms with E-state index in [2.05, 4.69) is 9.97 Å². The highest BCUT2D eigenvalue weighted by Gasteiger charge is 2.18. The molecule has 0 atom stereocenters. The van der Waals surface area contributed by atoms with Crippen molar-refractivity contribution in [3.05, 3.63) is 11.8 Å². The second-order valence-corrected chi connectivity index (χ2v) is 7.25. The highest BCUT2D eigenvalue weighted by atomic mass is 32.2. The van der Waals surface area contributed by atoms with Gasteiger partial charge in [0.2, 0.25) is 15.0 Å². The van der Waals surface area contributed by atoms with E-state index in [-0.39, 0.29) is 5.03 Å². The second kappa shape index (κ2) is 4.10. The molecular weight excluding hydrogens is 252 g/mol. The van der Waals surface area contributed by atoms with Crippen LogP contribution >= 0.6 is 0 Å². The minimum Gasteiger partial charge on any atom is -0.223 e. The van der Waals surface area contributed by atoms with Crippen LogP contribution in [0.3, 0.4) is 0 Å². The maximum Gasteiger partial charge on any atom is 0.248 e. The van der Waals surface area contributed by atoms with Gasteiger partial charge in [0.25, 0.3) is 0 Å². The van der Waals surface area contributed by atoms with Crippen molar-refractivity contribution >= 4 is 19.7 Å². The topological polar surface area (TPSA) is 94.1 Å². The van der Waals surface area contributed by atoms with E-state index < -0.39 is 24.8 Å². The molecule has 90 valence electrons. The smallest absolute Gasteiger partial charge is 0.223 e. The van der Waals surface area contributed by atoms with Crippen LogP contribution in [0.15, 0.2) is 16.2 Å². The van der Waals surface area contributed by atoms with Gasteiger partial charge in [0.05, 0.1) is 0 Å². The molecule has 0 radical (unpaired) electrons. The molecule has 1 rings (SSSR count). The maximum atomic E-state index is 11.3. The van der Waals surface area contributed by atoms with Crippen LogP contribution in [0.2, 0.25) is 0 Å². The number of hydrogen-bond acceptors (Lipinski definition) is 6. The Bertz CT molecular complexity index is 555. The van der Waals surface area contributed by atoms with Gasteiger partial charge in [-0.2, -0.15) is 0 Å². The molecule has 0 aliphatic heterocycles. The first-order valence-corrected chi connectivity index (χ1v) is 8.21. The first-order chi connectivity index (χ1) is 7.14. The summed E-state index contributed by atoms with van der Waals surface area (Å²) in [5, 5.41) is -0.716. The van der Waals surface area contributed by atoms with Gasteiger partial charge in [-0.05, 0) is 12.5 Å². The molecule has 1 aromatic rings. The predicted octanol–water partition coefficient (Wildman–Crippen LogP) is -0.154. The molecule has 0 amide bonds. The molecule has 0 spiro atoms. The molecule has 0 bridgehead atoms. The lowest BCUT2D eigenvalue weighted by molar-refractivity contribution is 0.583. The number of nitrogens with zero attached hydrogens (tertiary/aromatic N) is 2. The number of sulfone groups is 2. The SMILES string of the molecule is CCc1cc(S(C)(=O)=O)nc(S(C)(=O)=O)n1. The predicted molar refractivity (Wildman–Crippen MR) is 57.6 cm³/mol. The van der Waals surface area contributed by atoms with Crippen molar-refractivity contribution in [3.8, 4) is 0 Å². The van der Waals surface area contributed by atoms with Gasteiger partial charge in [-0.1, -0.05) is 6.92 Å². The van der Waals surface area contributed by atoms with Crippen molar-refractivity contribution < 1.29 is 16.8 Å². The van der Waals surface area contributed by atoms with Gasteiger partial charge in [0.1, 0.15) is 0 Å². The number of aromatic nitrogens is 2. The molecule has 1 aromatic heterocycles. The fourth-order valence-electron chi connectivity index (χ4n) is 0.986. The average Bonchev–Trinajstić information content (AvgIpc) is 2.14. The van der Waals surface area contributed by atoms with Crippen LogP contribution in [0.4, 0.5) is 0 Å². The third-order valence-corrected chi connectivity index (χ3v) is 3.62. The summed E-state index contributed by atoms with van der Waals surface area (Å²) < 4.78 is 45.1. The number of aryl methyl sites for hydroxylation is 1. The molecule has 1 heterocycles. The van der Waals surface area contributed by atoms with Gasteiger partial charge < -0.3 is 0 Å². The summed E-state index contributed by atoms with van der Waals surface area (Å²) in [7, 11) is -7.14. The Balaban J connectivity index is 3.58. The van der Waals surface area contributed by atoms with Crippen molar-refractivity contribution in [2.24, 2.45) is 0 Å². The fraction of sp³-hybridized carbons (Fsp3) is 0.500. The fourth-order valence-corrected chi connectivity index (χ4v) is 2.19. The molecule has 0 aliphatic carbocycles. The highest BCUT2D eigenvalue weighted by molar-refractivity contribution is 7.91. The normalized spacial score (nSPS) is 12.7. The van der Waals surface area contributed by atoms with Crippen LogP contribution in [0.5, 0.6) is 0 Å². The lowest BCUT2D eigenvalue weighted by Gasteiger charge is -2.03. The van der Waals surface area contributed by atoms with Crippen molar-refractivity contribution in [2.45, 2.75) is 23.5 Å². The second-order valence-electron chi connectivity index (χ2n) is 3.38. The molecular formula is C8H12N2O4S2. The molecule has 0 fully saturated rings. The summed E-state index contributed by atoms with van der Waals surface area (Å²) in [4.78, 5) is 7.31. The van der Waals surface area contributed by atoms with E-state index in [1.807, 2.05) is 0 Å². The molecule has 0 saturated heterocycles. The van der Waals surface area contributed by atoms with E-state index >= 15 is 0 Å². The minimum absolute atomic E-state index is 0.264. The van der Waals surface area contributed by atoms with Gasteiger partial charge in [-0.3, -0.25) is 0 Å². The van der Waals surface area contributed by atoms with Gasteiger partial charge >= 0.3 is 0 Å². The largest absolute Gasteiger partial charge is 0.248 e. The number of rotatable bonds is 3. The Morgan fingerprint density at radius 1 is 1.06 bits per heavy atom. The lowest BCUT2D eigenvalue weighted by atomic mass is 10.3. The summed E-state index contributed by atoms with van der Waals surface area (Å²) in [6.45, 7) is 1.75. The van der Waals surface area contributed by atoms with E-state index in [9.17, 15) is 16.8 Å². The third kappa shape index (κ3) is 2.99. The van der Waals surface area contributed by atoms with Crippen LogP contribution in [0, 0.1) is 0 Å². The van der Waals surface area contributed by atoms with Gasteiger partial charge in [-0.15, -0.1) is 0 Å². The zero-order chi connectivity index (χ0) is 12.6. The highest BCUT2D eigenvalue weighted by Crippen LogP contribution is 2.11. The van der Waals surface area contributed by atoms with Crippen LogP contribution in [-0.2, 0) is 26.1 Å². The summed E-state index contributed by atoms with van der Waals surface area (Å²) >= 11 is 0. The van der Waals surface area contributed by atoms with Gasteiger partial charge in [0, 0.05) is 18.2 Å². The third-order valence-electron chi connectivity index (χ3n) is 1.81. The van der Waals surface area contributed by atoms with Crippen molar-refractivity contribution in [3.63, 3.8) is 0 Å². The summed E-state index contributed by atoms with van der Waals surface area (Å²) in [6, 6.07) is 1.28. The zero-order valence-corrected chi connectivity index (χ0v) is 10.8. The van der Waals surface area contributed by atoms with E-state index in [1.54, 1.807) is 6.92 Å². The molecule has 6 nitrogen and oxygen atoms in total. The van der Waals surface area contributed by atoms with Crippen LogP contribution in [0.1, 0.15) is 12.6 Å². The summed E-state index contributed by atoms with van der Waals surface area (Å²) in [5.41, 5.74) is 0.385. The average molecular weight is 264 g/mol. The zero-order valence-electron chi connectivity index (χ0n) is 9.13. The number of hydrogen-bond donors (Lipinski definition) is 0. The summed E-state index contributed by atoms with van der Waals surface area (Å²) in [6.07, 6.45) is 2.35. The Morgan fingerprint density at radius 2 is 1.62 bits per heavy atom. The standard InChI is InChI=1S/C8H12N2O4S2/c1-4-6-5-7(15(2,11)12)10-8(9-6)16(3,13)14/h5H,4H2,1-3H3. The van der Waals surface area contributed by atoms with E-state index in [0.717, 1.165) is 12.5 Å². The molecule has 0 aromatic carbocycles.